The number of ketones is 1. The maximum Gasteiger partial charge on any atom is 0.231 e. The van der Waals surface area contributed by atoms with Crippen LogP contribution in [0.1, 0.15) is 21.5 Å². The van der Waals surface area contributed by atoms with E-state index < -0.39 is 0 Å². The fraction of sp³-hybridized carbons (Fsp3) is 0.0455. The molecule has 4 rings (SSSR count). The standard InChI is InChI=1S/C22H15FO4/c23-16-5-1-4-15(9-16)13-26-18-6-2-3-14(10-18)11-21-22(25)19-8-7-17(24)12-20(19)27-21/h1-12,24H,13H2/b21-11-. The minimum Gasteiger partial charge on any atom is -0.508 e. The number of rotatable bonds is 4. The van der Waals surface area contributed by atoms with Gasteiger partial charge in [0.15, 0.2) is 5.76 Å². The van der Waals surface area contributed by atoms with E-state index in [1.165, 1.54) is 30.3 Å². The largest absolute Gasteiger partial charge is 0.508 e. The van der Waals surface area contributed by atoms with E-state index in [9.17, 15) is 14.3 Å². The van der Waals surface area contributed by atoms with Crippen molar-refractivity contribution < 1.29 is 23.8 Å². The minimum atomic E-state index is -0.308. The normalized spacial score (nSPS) is 14.1. The summed E-state index contributed by atoms with van der Waals surface area (Å²) in [6, 6.07) is 17.8. The lowest BCUT2D eigenvalue weighted by Crippen LogP contribution is -1.98. The number of aromatic hydroxyl groups is 1. The Morgan fingerprint density at radius 2 is 1.89 bits per heavy atom. The summed E-state index contributed by atoms with van der Waals surface area (Å²) in [6.07, 6.45) is 1.62. The lowest BCUT2D eigenvalue weighted by molar-refractivity contribution is 0.101. The van der Waals surface area contributed by atoms with Gasteiger partial charge < -0.3 is 14.6 Å². The van der Waals surface area contributed by atoms with Crippen molar-refractivity contribution in [3.05, 3.63) is 95.0 Å². The summed E-state index contributed by atoms with van der Waals surface area (Å²) in [5, 5.41) is 9.51. The molecule has 3 aromatic rings. The van der Waals surface area contributed by atoms with Crippen LogP contribution < -0.4 is 9.47 Å². The Hall–Kier alpha value is -3.60. The number of hydrogen-bond acceptors (Lipinski definition) is 4. The third kappa shape index (κ3) is 3.67. The van der Waals surface area contributed by atoms with Crippen molar-refractivity contribution in [2.24, 2.45) is 0 Å². The molecule has 0 bridgehead atoms. The van der Waals surface area contributed by atoms with Crippen LogP contribution in [0.25, 0.3) is 6.08 Å². The summed E-state index contributed by atoms with van der Waals surface area (Å²) in [5.74, 6) is 0.598. The van der Waals surface area contributed by atoms with Gasteiger partial charge in [0.05, 0.1) is 5.56 Å². The zero-order chi connectivity index (χ0) is 18.8. The number of Topliss-reactive ketones (excluding diaryl/α,β-unsaturated/α-hetero) is 1. The lowest BCUT2D eigenvalue weighted by atomic mass is 10.1. The molecule has 0 aromatic heterocycles. The van der Waals surface area contributed by atoms with Gasteiger partial charge in [0.1, 0.15) is 29.7 Å². The van der Waals surface area contributed by atoms with Crippen molar-refractivity contribution in [1.82, 2.24) is 0 Å². The molecule has 27 heavy (non-hydrogen) atoms. The summed E-state index contributed by atoms with van der Waals surface area (Å²) in [5.41, 5.74) is 1.87. The number of phenols is 1. The van der Waals surface area contributed by atoms with E-state index in [4.69, 9.17) is 9.47 Å². The number of ether oxygens (including phenoxy) is 2. The number of benzene rings is 3. The Morgan fingerprint density at radius 1 is 1.04 bits per heavy atom. The van der Waals surface area contributed by atoms with Gasteiger partial charge in [0.2, 0.25) is 5.78 Å². The maximum atomic E-state index is 13.2. The Balaban J connectivity index is 1.51. The number of phenolic OH excluding ortho intramolecular Hbond substituents is 1. The van der Waals surface area contributed by atoms with Crippen molar-refractivity contribution in [3.63, 3.8) is 0 Å². The van der Waals surface area contributed by atoms with E-state index in [0.29, 0.717) is 17.1 Å². The Kier molecular flexibility index (Phi) is 4.34. The molecule has 5 heteroatoms. The summed E-state index contributed by atoms with van der Waals surface area (Å²) in [4.78, 5) is 12.4. The van der Waals surface area contributed by atoms with Crippen LogP contribution in [0.3, 0.4) is 0 Å². The quantitative estimate of drug-likeness (QED) is 0.682. The van der Waals surface area contributed by atoms with Gasteiger partial charge in [-0.15, -0.1) is 0 Å². The monoisotopic (exact) mass is 362 g/mol. The number of halogens is 1. The smallest absolute Gasteiger partial charge is 0.231 e. The van der Waals surface area contributed by atoms with E-state index >= 15 is 0 Å². The summed E-state index contributed by atoms with van der Waals surface area (Å²) < 4.78 is 24.5. The zero-order valence-corrected chi connectivity index (χ0v) is 14.2. The van der Waals surface area contributed by atoms with E-state index in [2.05, 4.69) is 0 Å². The zero-order valence-electron chi connectivity index (χ0n) is 14.2. The molecule has 4 nitrogen and oxygen atoms in total. The molecule has 3 aromatic carbocycles. The third-order valence-corrected chi connectivity index (χ3v) is 4.10. The molecule has 0 radical (unpaired) electrons. The molecule has 0 amide bonds. The van der Waals surface area contributed by atoms with Crippen LogP contribution in [-0.2, 0) is 6.61 Å². The molecule has 1 heterocycles. The van der Waals surface area contributed by atoms with Gasteiger partial charge in [-0.1, -0.05) is 24.3 Å². The Bertz CT molecular complexity index is 1060. The molecule has 1 aliphatic rings. The average Bonchev–Trinajstić information content (AvgIpc) is 2.95. The second kappa shape index (κ2) is 6.96. The van der Waals surface area contributed by atoms with E-state index in [0.717, 1.165) is 11.1 Å². The number of carbonyl (C=O) groups is 1. The first-order chi connectivity index (χ1) is 13.1. The van der Waals surface area contributed by atoms with Crippen LogP contribution >= 0.6 is 0 Å². The van der Waals surface area contributed by atoms with E-state index in [1.807, 2.05) is 6.07 Å². The maximum absolute atomic E-state index is 13.2. The Morgan fingerprint density at radius 3 is 2.74 bits per heavy atom. The second-order valence-corrected chi connectivity index (χ2v) is 6.11. The van der Waals surface area contributed by atoms with Gasteiger partial charge in [0, 0.05) is 6.07 Å². The van der Waals surface area contributed by atoms with Crippen LogP contribution in [0, 0.1) is 5.82 Å². The highest BCUT2D eigenvalue weighted by atomic mass is 19.1. The molecule has 0 unspecified atom stereocenters. The number of allylic oxidation sites excluding steroid dienone is 1. The predicted octanol–water partition coefficient (Wildman–Crippen LogP) is 4.73. The first kappa shape index (κ1) is 16.8. The Labute approximate surface area is 155 Å². The topological polar surface area (TPSA) is 55.8 Å². The van der Waals surface area contributed by atoms with Gasteiger partial charge in [-0.05, 0) is 53.6 Å². The fourth-order valence-corrected chi connectivity index (χ4v) is 2.81. The highest BCUT2D eigenvalue weighted by Gasteiger charge is 2.27. The van der Waals surface area contributed by atoms with Gasteiger partial charge in [0.25, 0.3) is 0 Å². The molecule has 0 saturated heterocycles. The summed E-state index contributed by atoms with van der Waals surface area (Å²) in [7, 11) is 0. The molecule has 0 fully saturated rings. The van der Waals surface area contributed by atoms with Crippen molar-refractivity contribution in [2.75, 3.05) is 0 Å². The average molecular weight is 362 g/mol. The highest BCUT2D eigenvalue weighted by molar-refractivity contribution is 6.14. The van der Waals surface area contributed by atoms with Gasteiger partial charge in [-0.25, -0.2) is 4.39 Å². The van der Waals surface area contributed by atoms with Crippen LogP contribution in [0.5, 0.6) is 17.2 Å². The molecule has 0 atom stereocenters. The lowest BCUT2D eigenvalue weighted by Gasteiger charge is -2.07. The molecular formula is C22H15FO4. The minimum absolute atomic E-state index is 0.0375. The summed E-state index contributed by atoms with van der Waals surface area (Å²) >= 11 is 0. The van der Waals surface area contributed by atoms with Crippen LogP contribution in [0.2, 0.25) is 0 Å². The number of fused-ring (bicyclic) bond motifs is 1. The first-order valence-electron chi connectivity index (χ1n) is 8.33. The molecular weight excluding hydrogens is 347 g/mol. The van der Waals surface area contributed by atoms with Crippen molar-refractivity contribution in [1.29, 1.82) is 0 Å². The van der Waals surface area contributed by atoms with Gasteiger partial charge in [-0.2, -0.15) is 0 Å². The van der Waals surface area contributed by atoms with Gasteiger partial charge in [-0.3, -0.25) is 4.79 Å². The predicted molar refractivity (Wildman–Crippen MR) is 98.2 cm³/mol. The molecule has 0 spiro atoms. The van der Waals surface area contributed by atoms with E-state index in [1.54, 1.807) is 36.4 Å². The molecule has 0 saturated carbocycles. The SMILES string of the molecule is O=C1/C(=C/c2cccc(OCc3cccc(F)c3)c2)Oc2cc(O)ccc21. The van der Waals surface area contributed by atoms with Crippen LogP contribution in [0.4, 0.5) is 4.39 Å². The van der Waals surface area contributed by atoms with Gasteiger partial charge >= 0.3 is 0 Å². The van der Waals surface area contributed by atoms with Crippen molar-refractivity contribution in [3.8, 4) is 17.2 Å². The first-order valence-corrected chi connectivity index (χ1v) is 8.33. The van der Waals surface area contributed by atoms with Crippen LogP contribution in [-0.4, -0.2) is 10.9 Å². The third-order valence-electron chi connectivity index (χ3n) is 4.10. The molecule has 1 N–H and O–H groups in total. The van der Waals surface area contributed by atoms with Crippen LogP contribution in [0.15, 0.2) is 72.5 Å². The molecule has 0 aliphatic carbocycles. The molecule has 134 valence electrons. The second-order valence-electron chi connectivity index (χ2n) is 6.11. The number of hydrogen-bond donors (Lipinski definition) is 1. The summed E-state index contributed by atoms with van der Waals surface area (Å²) in [6.45, 7) is 0.234. The number of carbonyl (C=O) groups excluding carboxylic acids is 1. The van der Waals surface area contributed by atoms with Crippen molar-refractivity contribution in [2.45, 2.75) is 6.61 Å². The molecule has 1 aliphatic heterocycles. The highest BCUT2D eigenvalue weighted by Crippen LogP contribution is 2.34. The van der Waals surface area contributed by atoms with Crippen molar-refractivity contribution >= 4 is 11.9 Å². The van der Waals surface area contributed by atoms with E-state index in [-0.39, 0.29) is 29.7 Å². The fourth-order valence-electron chi connectivity index (χ4n) is 2.81.